The normalized spacial score (nSPS) is 31.1. The highest BCUT2D eigenvalue weighted by Crippen LogP contribution is 2.34. The monoisotopic (exact) mass is 266 g/mol. The van der Waals surface area contributed by atoms with Crippen molar-refractivity contribution < 1.29 is 20.1 Å². The van der Waals surface area contributed by atoms with Gasteiger partial charge in [-0.2, -0.15) is 5.10 Å². The van der Waals surface area contributed by atoms with Crippen LogP contribution in [0.4, 0.5) is 5.82 Å². The first kappa shape index (κ1) is 12.3. The summed E-state index contributed by atoms with van der Waals surface area (Å²) >= 11 is 0. The highest BCUT2D eigenvalue weighted by Gasteiger charge is 2.44. The second-order valence-corrected chi connectivity index (χ2v) is 4.46. The molecule has 0 spiro atoms. The second kappa shape index (κ2) is 4.42. The number of nitrogens with zero attached hydrogens (tertiary/aromatic N) is 3. The molecule has 0 bridgehead atoms. The molecule has 3 rings (SSSR count). The van der Waals surface area contributed by atoms with Crippen molar-refractivity contribution in [2.45, 2.75) is 24.4 Å². The van der Waals surface area contributed by atoms with E-state index in [1.54, 1.807) is 12.1 Å². The van der Waals surface area contributed by atoms with Crippen LogP contribution in [0.2, 0.25) is 0 Å². The number of aromatic nitrogens is 3. The molecular formula is C11H14N4O4. The van der Waals surface area contributed by atoms with E-state index in [4.69, 9.17) is 15.6 Å². The van der Waals surface area contributed by atoms with E-state index >= 15 is 0 Å². The predicted molar refractivity (Wildman–Crippen MR) is 64.1 cm³/mol. The van der Waals surface area contributed by atoms with Crippen molar-refractivity contribution in [1.29, 1.82) is 0 Å². The topological polar surface area (TPSA) is 126 Å². The van der Waals surface area contributed by atoms with Gasteiger partial charge in [-0.1, -0.05) is 0 Å². The molecule has 8 heteroatoms. The first-order valence-electron chi connectivity index (χ1n) is 5.84. The molecule has 0 aromatic carbocycles. The third-order valence-electron chi connectivity index (χ3n) is 3.34. The Balaban J connectivity index is 2.04. The lowest BCUT2D eigenvalue weighted by atomic mass is 10.1. The molecular weight excluding hydrogens is 252 g/mol. The molecule has 1 aliphatic heterocycles. The number of fused-ring (bicyclic) bond motifs is 1. The van der Waals surface area contributed by atoms with E-state index in [-0.39, 0.29) is 6.61 Å². The molecule has 1 aliphatic rings. The predicted octanol–water partition coefficient (Wildman–Crippen LogP) is -1.53. The van der Waals surface area contributed by atoms with Crippen LogP contribution in [-0.4, -0.2) is 54.8 Å². The molecule has 8 nitrogen and oxygen atoms in total. The number of nitrogens with two attached hydrogens (primary N) is 1. The number of aliphatic hydroxyl groups is 3. The third kappa shape index (κ3) is 1.77. The zero-order valence-electron chi connectivity index (χ0n) is 9.92. The maximum absolute atomic E-state index is 9.99. The zero-order chi connectivity index (χ0) is 13.6. The summed E-state index contributed by atoms with van der Waals surface area (Å²) in [5, 5.41) is 32.9. The Kier molecular flexibility index (Phi) is 2.86. The maximum Gasteiger partial charge on any atom is 0.151 e. The summed E-state index contributed by atoms with van der Waals surface area (Å²) in [6.07, 6.45) is -2.56. The number of ether oxygens (including phenoxy) is 1. The van der Waals surface area contributed by atoms with Crippen LogP contribution < -0.4 is 5.73 Å². The quantitative estimate of drug-likeness (QED) is 0.519. The average molecular weight is 266 g/mol. The van der Waals surface area contributed by atoms with Crippen molar-refractivity contribution in [3.05, 3.63) is 24.2 Å². The van der Waals surface area contributed by atoms with E-state index < -0.39 is 24.4 Å². The zero-order valence-corrected chi connectivity index (χ0v) is 9.92. The van der Waals surface area contributed by atoms with Crippen LogP contribution in [0.25, 0.3) is 5.52 Å². The summed E-state index contributed by atoms with van der Waals surface area (Å²) in [4.78, 5) is 3.87. The Morgan fingerprint density at radius 2 is 2.11 bits per heavy atom. The molecule has 102 valence electrons. The Morgan fingerprint density at radius 3 is 2.79 bits per heavy atom. The highest BCUT2D eigenvalue weighted by atomic mass is 16.6. The molecule has 0 saturated carbocycles. The molecule has 0 radical (unpaired) electrons. The maximum atomic E-state index is 9.99. The van der Waals surface area contributed by atoms with E-state index in [1.807, 2.05) is 0 Å². The number of hydrogen-bond donors (Lipinski definition) is 4. The van der Waals surface area contributed by atoms with Crippen LogP contribution in [0.5, 0.6) is 0 Å². The molecule has 0 amide bonds. The number of aliphatic hydroxyl groups excluding tert-OH is 3. The van der Waals surface area contributed by atoms with Crippen LogP contribution in [0.1, 0.15) is 11.8 Å². The summed E-state index contributed by atoms with van der Waals surface area (Å²) < 4.78 is 6.96. The molecule has 1 saturated heterocycles. The van der Waals surface area contributed by atoms with Gasteiger partial charge in [-0.05, 0) is 12.1 Å². The van der Waals surface area contributed by atoms with Crippen molar-refractivity contribution in [1.82, 2.24) is 14.6 Å². The molecule has 4 atom stereocenters. The van der Waals surface area contributed by atoms with Gasteiger partial charge in [-0.25, -0.2) is 9.50 Å². The van der Waals surface area contributed by atoms with Crippen LogP contribution >= 0.6 is 0 Å². The standard InChI is InChI=1S/C11H14N4O4/c12-11-6-2-1-5(15(6)14-4-13-11)10-9(18)8(17)7(3-16)19-10/h1-2,4,7-10,16-18H,3H2,(H2,12,13,14)/t7?,8-,9-,10+/m1/s1. The summed E-state index contributed by atoms with van der Waals surface area (Å²) in [6, 6.07) is 3.40. The lowest BCUT2D eigenvalue weighted by Gasteiger charge is -2.14. The summed E-state index contributed by atoms with van der Waals surface area (Å²) in [5.74, 6) is 0.313. The highest BCUT2D eigenvalue weighted by molar-refractivity contribution is 5.65. The lowest BCUT2D eigenvalue weighted by Crippen LogP contribution is -2.32. The average Bonchev–Trinajstić information content (AvgIpc) is 2.94. The fourth-order valence-electron chi connectivity index (χ4n) is 2.33. The third-order valence-corrected chi connectivity index (χ3v) is 3.34. The molecule has 19 heavy (non-hydrogen) atoms. The van der Waals surface area contributed by atoms with E-state index in [2.05, 4.69) is 10.1 Å². The van der Waals surface area contributed by atoms with Gasteiger partial charge >= 0.3 is 0 Å². The molecule has 3 heterocycles. The van der Waals surface area contributed by atoms with Crippen molar-refractivity contribution >= 4 is 11.3 Å². The molecule has 2 aromatic heterocycles. The number of anilines is 1. The van der Waals surface area contributed by atoms with Gasteiger partial charge in [0.25, 0.3) is 0 Å². The Labute approximate surface area is 108 Å². The van der Waals surface area contributed by atoms with E-state index in [0.29, 0.717) is 17.0 Å². The number of nitrogen functional groups attached to an aromatic ring is 1. The van der Waals surface area contributed by atoms with Gasteiger partial charge in [0.1, 0.15) is 36.3 Å². The van der Waals surface area contributed by atoms with Crippen LogP contribution in [0, 0.1) is 0 Å². The van der Waals surface area contributed by atoms with Gasteiger partial charge < -0.3 is 25.8 Å². The van der Waals surface area contributed by atoms with Crippen molar-refractivity contribution in [2.24, 2.45) is 0 Å². The molecule has 1 unspecified atom stereocenters. The molecule has 5 N–H and O–H groups in total. The van der Waals surface area contributed by atoms with Crippen LogP contribution in [0.15, 0.2) is 18.5 Å². The van der Waals surface area contributed by atoms with Gasteiger partial charge in [-0.3, -0.25) is 0 Å². The minimum Gasteiger partial charge on any atom is -0.394 e. The van der Waals surface area contributed by atoms with Crippen molar-refractivity contribution in [3.8, 4) is 0 Å². The molecule has 1 fully saturated rings. The smallest absolute Gasteiger partial charge is 0.151 e. The largest absolute Gasteiger partial charge is 0.394 e. The van der Waals surface area contributed by atoms with Crippen molar-refractivity contribution in [2.75, 3.05) is 12.3 Å². The fourth-order valence-corrected chi connectivity index (χ4v) is 2.33. The number of hydrogen-bond acceptors (Lipinski definition) is 7. The summed E-state index contributed by atoms with van der Waals surface area (Å²) in [5.41, 5.74) is 6.86. The van der Waals surface area contributed by atoms with E-state index in [1.165, 1.54) is 10.8 Å². The number of rotatable bonds is 2. The summed E-state index contributed by atoms with van der Waals surface area (Å²) in [7, 11) is 0. The molecule has 0 aliphatic carbocycles. The first-order chi connectivity index (χ1) is 9.13. The van der Waals surface area contributed by atoms with Gasteiger partial charge in [-0.15, -0.1) is 0 Å². The van der Waals surface area contributed by atoms with Gasteiger partial charge in [0.2, 0.25) is 0 Å². The van der Waals surface area contributed by atoms with Gasteiger partial charge in [0.15, 0.2) is 5.82 Å². The van der Waals surface area contributed by atoms with E-state index in [0.717, 1.165) is 0 Å². The fraction of sp³-hybridized carbons (Fsp3) is 0.455. The van der Waals surface area contributed by atoms with Crippen LogP contribution in [0.3, 0.4) is 0 Å². The first-order valence-corrected chi connectivity index (χ1v) is 5.84. The molecule has 2 aromatic rings. The Morgan fingerprint density at radius 1 is 1.32 bits per heavy atom. The minimum absolute atomic E-state index is 0.313. The Hall–Kier alpha value is -1.74. The minimum atomic E-state index is -1.14. The lowest BCUT2D eigenvalue weighted by molar-refractivity contribution is -0.0244. The second-order valence-electron chi connectivity index (χ2n) is 4.46. The SMILES string of the molecule is Nc1ncnn2c([C@@H]3OC(CO)[C@@H](O)[C@H]3O)ccc12. The van der Waals surface area contributed by atoms with Gasteiger partial charge in [0.05, 0.1) is 12.3 Å². The summed E-state index contributed by atoms with van der Waals surface area (Å²) in [6.45, 7) is -0.366. The van der Waals surface area contributed by atoms with E-state index in [9.17, 15) is 10.2 Å². The van der Waals surface area contributed by atoms with Gasteiger partial charge in [0, 0.05) is 0 Å². The Bertz CT molecular complexity index is 601. The van der Waals surface area contributed by atoms with Crippen LogP contribution in [-0.2, 0) is 4.74 Å². The van der Waals surface area contributed by atoms with Crippen molar-refractivity contribution in [3.63, 3.8) is 0 Å².